The second-order valence-corrected chi connectivity index (χ2v) is 8.35. The van der Waals surface area contributed by atoms with Gasteiger partial charge >= 0.3 is 6.18 Å². The van der Waals surface area contributed by atoms with Crippen LogP contribution in [-0.2, 0) is 23.8 Å². The molecule has 0 spiro atoms. The number of aryl methyl sites for hydroxylation is 1. The maximum absolute atomic E-state index is 13.9. The van der Waals surface area contributed by atoms with E-state index in [9.17, 15) is 18.0 Å². The van der Waals surface area contributed by atoms with E-state index >= 15 is 0 Å². The minimum atomic E-state index is -4.56. The van der Waals surface area contributed by atoms with Gasteiger partial charge in [0, 0.05) is 44.1 Å². The molecule has 1 aliphatic carbocycles. The van der Waals surface area contributed by atoms with Crippen LogP contribution in [0.15, 0.2) is 37.2 Å². The van der Waals surface area contributed by atoms with Gasteiger partial charge in [0.05, 0.1) is 17.0 Å². The Hall–Kier alpha value is -3.43. The third-order valence-corrected chi connectivity index (χ3v) is 6.25. The van der Waals surface area contributed by atoms with Crippen molar-refractivity contribution in [1.29, 1.82) is 0 Å². The zero-order valence-corrected chi connectivity index (χ0v) is 18.3. The number of rotatable bonds is 3. The van der Waals surface area contributed by atoms with E-state index in [1.165, 1.54) is 25.4 Å². The standard InChI is InChI=1S/C23H25F3N6O/c1-4-19(33)31-5-7-32(8-6-31)22-16-9-13(2)15(11-17(16)28-12-29-22)21-20(23(24,25)26)14(3)10-18(27)30-21/h4,10,12,15H,1-2,5-9,11H2,3H3,(H2,27,30)/t15-/m0/s1. The summed E-state index contributed by atoms with van der Waals surface area (Å²) in [5.41, 5.74) is 7.13. The van der Waals surface area contributed by atoms with E-state index in [0.29, 0.717) is 43.9 Å². The third kappa shape index (κ3) is 4.29. The summed E-state index contributed by atoms with van der Waals surface area (Å²) in [5, 5.41) is 0. The SMILES string of the molecule is C=CC(=O)N1CCN(c2ncnc3c2CC(=C)[C@@H](c2nc(N)cc(C)c2C(F)(F)F)C3)CC1. The fourth-order valence-electron chi connectivity index (χ4n) is 4.66. The molecule has 4 rings (SSSR count). The molecule has 2 N–H and O–H groups in total. The van der Waals surface area contributed by atoms with Gasteiger partial charge in [-0.15, -0.1) is 0 Å². The summed E-state index contributed by atoms with van der Waals surface area (Å²) in [4.78, 5) is 28.6. The predicted octanol–water partition coefficient (Wildman–Crippen LogP) is 3.05. The van der Waals surface area contributed by atoms with Gasteiger partial charge in [-0.3, -0.25) is 4.79 Å². The lowest BCUT2D eigenvalue weighted by Crippen LogP contribution is -2.49. The molecule has 1 fully saturated rings. The Balaban J connectivity index is 1.65. The van der Waals surface area contributed by atoms with Crippen LogP contribution in [0.3, 0.4) is 0 Å². The number of anilines is 2. The maximum Gasteiger partial charge on any atom is 0.418 e. The maximum atomic E-state index is 13.9. The highest BCUT2D eigenvalue weighted by molar-refractivity contribution is 5.87. The van der Waals surface area contributed by atoms with Gasteiger partial charge in [-0.25, -0.2) is 15.0 Å². The number of pyridine rings is 1. The molecule has 2 aromatic heterocycles. The largest absolute Gasteiger partial charge is 0.418 e. The van der Waals surface area contributed by atoms with Crippen molar-refractivity contribution in [3.63, 3.8) is 0 Å². The van der Waals surface area contributed by atoms with Gasteiger partial charge in [0.15, 0.2) is 0 Å². The number of hydrogen-bond acceptors (Lipinski definition) is 6. The number of piperazine rings is 1. The van der Waals surface area contributed by atoms with Crippen molar-refractivity contribution >= 4 is 17.5 Å². The molecule has 2 aromatic rings. The van der Waals surface area contributed by atoms with Gasteiger partial charge in [-0.2, -0.15) is 13.2 Å². The van der Waals surface area contributed by atoms with Crippen molar-refractivity contribution in [2.75, 3.05) is 36.8 Å². The predicted molar refractivity (Wildman–Crippen MR) is 119 cm³/mol. The first-order chi connectivity index (χ1) is 15.6. The topological polar surface area (TPSA) is 88.2 Å². The first kappa shape index (κ1) is 22.8. The van der Waals surface area contributed by atoms with Crippen molar-refractivity contribution < 1.29 is 18.0 Å². The second-order valence-electron chi connectivity index (χ2n) is 8.35. The van der Waals surface area contributed by atoms with E-state index in [4.69, 9.17) is 5.73 Å². The Morgan fingerprint density at radius 2 is 1.94 bits per heavy atom. The number of hydrogen-bond donors (Lipinski definition) is 1. The Morgan fingerprint density at radius 1 is 1.24 bits per heavy atom. The van der Waals surface area contributed by atoms with Gasteiger partial charge in [0.2, 0.25) is 5.91 Å². The number of nitrogen functional groups attached to an aromatic ring is 1. The van der Waals surface area contributed by atoms with Crippen molar-refractivity contribution in [3.05, 3.63) is 65.3 Å². The molecule has 0 unspecified atom stereocenters. The van der Waals surface area contributed by atoms with Crippen molar-refractivity contribution in [2.45, 2.75) is 31.9 Å². The summed E-state index contributed by atoms with van der Waals surface area (Å²) in [6.07, 6.45) is -1.25. The van der Waals surface area contributed by atoms with Crippen LogP contribution in [0.25, 0.3) is 0 Å². The molecule has 0 saturated carbocycles. The van der Waals surface area contributed by atoms with Gasteiger partial charge in [0.25, 0.3) is 0 Å². The third-order valence-electron chi connectivity index (χ3n) is 6.25. The zero-order valence-electron chi connectivity index (χ0n) is 18.3. The fourth-order valence-corrected chi connectivity index (χ4v) is 4.66. The molecule has 10 heteroatoms. The first-order valence-corrected chi connectivity index (χ1v) is 10.6. The minimum Gasteiger partial charge on any atom is -0.384 e. The van der Waals surface area contributed by atoms with Crippen LogP contribution < -0.4 is 10.6 Å². The van der Waals surface area contributed by atoms with Crippen molar-refractivity contribution in [2.24, 2.45) is 0 Å². The molecule has 1 atom stereocenters. The molecule has 3 heterocycles. The van der Waals surface area contributed by atoms with Gasteiger partial charge in [-0.1, -0.05) is 18.7 Å². The lowest BCUT2D eigenvalue weighted by atomic mass is 9.79. The van der Waals surface area contributed by atoms with Crippen molar-refractivity contribution in [3.8, 4) is 0 Å². The number of nitrogens with two attached hydrogens (primary N) is 1. The minimum absolute atomic E-state index is 0.0407. The summed E-state index contributed by atoms with van der Waals surface area (Å²) >= 11 is 0. The molecule has 0 aromatic carbocycles. The summed E-state index contributed by atoms with van der Waals surface area (Å²) < 4.78 is 41.6. The monoisotopic (exact) mass is 458 g/mol. The van der Waals surface area contributed by atoms with Crippen LogP contribution >= 0.6 is 0 Å². The number of alkyl halides is 3. The lowest BCUT2D eigenvalue weighted by Gasteiger charge is -2.37. The summed E-state index contributed by atoms with van der Waals surface area (Å²) in [6.45, 7) is 11.3. The molecule has 1 aliphatic heterocycles. The first-order valence-electron chi connectivity index (χ1n) is 10.6. The normalized spacial score (nSPS) is 18.8. The summed E-state index contributed by atoms with van der Waals surface area (Å²) in [6, 6.07) is 1.24. The highest BCUT2D eigenvalue weighted by atomic mass is 19.4. The van der Waals surface area contributed by atoms with Gasteiger partial charge < -0.3 is 15.5 Å². The highest BCUT2D eigenvalue weighted by Gasteiger charge is 2.40. The highest BCUT2D eigenvalue weighted by Crippen LogP contribution is 2.43. The van der Waals surface area contributed by atoms with Crippen LogP contribution in [-0.4, -0.2) is 51.9 Å². The van der Waals surface area contributed by atoms with Crippen LogP contribution in [0.1, 0.15) is 34.0 Å². The molecule has 1 amide bonds. The van der Waals surface area contributed by atoms with Gasteiger partial charge in [0.1, 0.15) is 18.0 Å². The Bertz CT molecular complexity index is 1120. The number of nitrogens with zero attached hydrogens (tertiary/aromatic N) is 5. The number of carbonyl (C=O) groups is 1. The number of allylic oxidation sites excluding steroid dienone is 1. The van der Waals surface area contributed by atoms with Gasteiger partial charge in [-0.05, 0) is 31.1 Å². The van der Waals surface area contributed by atoms with E-state index in [1.54, 1.807) is 4.90 Å². The molecular weight excluding hydrogens is 433 g/mol. The summed E-state index contributed by atoms with van der Waals surface area (Å²) in [5.74, 6) is 0.0181. The van der Waals surface area contributed by atoms with Crippen LogP contribution in [0.4, 0.5) is 24.8 Å². The lowest BCUT2D eigenvalue weighted by molar-refractivity contribution is -0.139. The Labute approximate surface area is 189 Å². The molecule has 1 saturated heterocycles. The van der Waals surface area contributed by atoms with E-state index in [2.05, 4.69) is 33.0 Å². The van der Waals surface area contributed by atoms with E-state index in [-0.39, 0.29) is 29.4 Å². The van der Waals surface area contributed by atoms with E-state index in [0.717, 1.165) is 11.4 Å². The quantitative estimate of drug-likeness (QED) is 0.562. The van der Waals surface area contributed by atoms with Crippen LogP contribution in [0, 0.1) is 6.92 Å². The number of fused-ring (bicyclic) bond motifs is 1. The molecular formula is C23H25F3N6O. The smallest absolute Gasteiger partial charge is 0.384 e. The van der Waals surface area contributed by atoms with E-state index < -0.39 is 17.7 Å². The molecule has 0 radical (unpaired) electrons. The molecule has 7 nitrogen and oxygen atoms in total. The average Bonchev–Trinajstić information content (AvgIpc) is 2.76. The molecule has 0 bridgehead atoms. The van der Waals surface area contributed by atoms with Crippen molar-refractivity contribution in [1.82, 2.24) is 19.9 Å². The number of halogens is 3. The Kier molecular flexibility index (Phi) is 5.85. The van der Waals surface area contributed by atoms with Crippen LogP contribution in [0.5, 0.6) is 0 Å². The number of carbonyl (C=O) groups excluding carboxylic acids is 1. The molecule has 2 aliphatic rings. The number of aromatic nitrogens is 3. The Morgan fingerprint density at radius 3 is 2.58 bits per heavy atom. The number of amides is 1. The second kappa shape index (κ2) is 8.49. The van der Waals surface area contributed by atoms with E-state index in [1.807, 2.05) is 0 Å². The fraction of sp³-hybridized carbons (Fsp3) is 0.391. The zero-order chi connectivity index (χ0) is 23.9. The average molecular weight is 458 g/mol. The summed E-state index contributed by atoms with van der Waals surface area (Å²) in [7, 11) is 0. The molecule has 174 valence electrons. The molecule has 33 heavy (non-hydrogen) atoms. The van der Waals surface area contributed by atoms with Crippen LogP contribution in [0.2, 0.25) is 0 Å².